The number of hydrogen-bond acceptors (Lipinski definition) is 10. The molecule has 1 aliphatic heterocycles. The van der Waals surface area contributed by atoms with Crippen molar-refractivity contribution in [2.24, 2.45) is 0 Å². The van der Waals surface area contributed by atoms with Crippen LogP contribution in [0.25, 0.3) is 0 Å². The van der Waals surface area contributed by atoms with Crippen LogP contribution in [0.15, 0.2) is 24.5 Å². The average Bonchev–Trinajstić information content (AvgIpc) is 2.75. The Bertz CT molecular complexity index is 887. The average molecular weight is 446 g/mol. The number of ether oxygens (including phenoxy) is 3. The van der Waals surface area contributed by atoms with Gasteiger partial charge in [-0.2, -0.15) is 0 Å². The van der Waals surface area contributed by atoms with E-state index >= 15 is 0 Å². The Kier molecular flexibility index (Phi) is 8.43. The molecule has 174 valence electrons. The summed E-state index contributed by atoms with van der Waals surface area (Å²) in [5.74, 6) is 1.70. The van der Waals surface area contributed by atoms with Crippen LogP contribution < -0.4 is 14.8 Å². The van der Waals surface area contributed by atoms with E-state index in [2.05, 4.69) is 27.2 Å². The number of hydroxylamine groups is 2. The van der Waals surface area contributed by atoms with E-state index in [9.17, 15) is 4.79 Å². The molecular weight excluding hydrogens is 414 g/mol. The molecule has 0 aromatic carbocycles. The van der Waals surface area contributed by atoms with E-state index in [1.807, 2.05) is 19.1 Å². The molecule has 1 saturated heterocycles. The van der Waals surface area contributed by atoms with E-state index in [-0.39, 0.29) is 12.2 Å². The van der Waals surface area contributed by atoms with Gasteiger partial charge in [0.25, 0.3) is 0 Å². The topological polar surface area (TPSA) is 108 Å². The van der Waals surface area contributed by atoms with Crippen LogP contribution in [0.5, 0.6) is 11.8 Å². The van der Waals surface area contributed by atoms with E-state index in [0.717, 1.165) is 17.8 Å². The standard InChI is InChI=1S/C22H31N5O5/c1-5-12-29-20-7-6-18(16(4)25-20)26-19-13-21(24-14-23-19)31-17-8-10-27(11-9-17)32-22(28)30-15(2)3/h6-7,13-15,17H,5,8-12H2,1-4H3,(H,23,24,26). The fourth-order valence-corrected chi connectivity index (χ4v) is 3.10. The maximum Gasteiger partial charge on any atom is 0.528 e. The quantitative estimate of drug-likeness (QED) is 0.568. The number of hydrogen-bond donors (Lipinski definition) is 1. The monoisotopic (exact) mass is 445 g/mol. The summed E-state index contributed by atoms with van der Waals surface area (Å²) in [6.07, 6.45) is 2.86. The number of rotatable bonds is 9. The second-order valence-corrected chi connectivity index (χ2v) is 7.75. The third kappa shape index (κ3) is 7.23. The van der Waals surface area contributed by atoms with Crippen molar-refractivity contribution in [2.75, 3.05) is 25.0 Å². The molecule has 1 fully saturated rings. The van der Waals surface area contributed by atoms with Crippen LogP contribution >= 0.6 is 0 Å². The van der Waals surface area contributed by atoms with Gasteiger partial charge in [-0.1, -0.05) is 6.92 Å². The highest BCUT2D eigenvalue weighted by molar-refractivity contribution is 5.60. The van der Waals surface area contributed by atoms with Gasteiger partial charge in [0.05, 0.1) is 24.1 Å². The molecule has 0 aliphatic carbocycles. The Labute approximate surface area is 188 Å². The lowest BCUT2D eigenvalue weighted by atomic mass is 10.1. The summed E-state index contributed by atoms with van der Waals surface area (Å²) in [6, 6.07) is 5.50. The predicted molar refractivity (Wildman–Crippen MR) is 118 cm³/mol. The molecule has 10 nitrogen and oxygen atoms in total. The molecule has 0 saturated carbocycles. The lowest BCUT2D eigenvalue weighted by Crippen LogP contribution is -2.40. The first-order chi connectivity index (χ1) is 15.4. The number of pyridine rings is 1. The van der Waals surface area contributed by atoms with Gasteiger partial charge in [0, 0.05) is 38.1 Å². The fraction of sp³-hybridized carbons (Fsp3) is 0.545. The second-order valence-electron chi connectivity index (χ2n) is 7.75. The van der Waals surface area contributed by atoms with E-state index < -0.39 is 6.16 Å². The van der Waals surface area contributed by atoms with E-state index in [0.29, 0.717) is 50.1 Å². The lowest BCUT2D eigenvalue weighted by Gasteiger charge is -2.30. The number of piperidine rings is 1. The van der Waals surface area contributed by atoms with Gasteiger partial charge in [0.15, 0.2) is 0 Å². The Morgan fingerprint density at radius 1 is 1.22 bits per heavy atom. The van der Waals surface area contributed by atoms with Crippen LogP contribution in [0.4, 0.5) is 16.3 Å². The molecule has 0 unspecified atom stereocenters. The minimum absolute atomic E-state index is 0.0304. The van der Waals surface area contributed by atoms with Crippen LogP contribution in [0.1, 0.15) is 45.7 Å². The number of nitrogens with one attached hydrogen (secondary N) is 1. The van der Waals surface area contributed by atoms with Crippen molar-refractivity contribution in [2.45, 2.75) is 59.2 Å². The maximum absolute atomic E-state index is 11.6. The number of carbonyl (C=O) groups is 1. The summed E-state index contributed by atoms with van der Waals surface area (Å²) in [7, 11) is 0. The van der Waals surface area contributed by atoms with Crippen molar-refractivity contribution in [1.82, 2.24) is 20.0 Å². The first-order valence-corrected chi connectivity index (χ1v) is 10.9. The van der Waals surface area contributed by atoms with Crippen LogP contribution in [-0.4, -0.2) is 58.1 Å². The van der Waals surface area contributed by atoms with Gasteiger partial charge in [-0.3, -0.25) is 0 Å². The maximum atomic E-state index is 11.6. The molecule has 1 N–H and O–H groups in total. The summed E-state index contributed by atoms with van der Waals surface area (Å²) in [5.41, 5.74) is 1.64. The van der Waals surface area contributed by atoms with Gasteiger partial charge >= 0.3 is 6.16 Å². The number of nitrogens with zero attached hydrogens (tertiary/aromatic N) is 4. The number of carbonyl (C=O) groups excluding carboxylic acids is 1. The first kappa shape index (κ1) is 23.5. The van der Waals surface area contributed by atoms with Gasteiger partial charge in [-0.15, -0.1) is 5.06 Å². The van der Waals surface area contributed by atoms with Crippen molar-refractivity contribution in [1.29, 1.82) is 0 Å². The lowest BCUT2D eigenvalue weighted by molar-refractivity contribution is -0.151. The minimum Gasteiger partial charge on any atom is -0.478 e. The SMILES string of the molecule is CCCOc1ccc(Nc2cc(OC3CCN(OC(=O)OC(C)C)CC3)ncn2)c(C)n1. The second kappa shape index (κ2) is 11.5. The predicted octanol–water partition coefficient (Wildman–Crippen LogP) is 4.03. The van der Waals surface area contributed by atoms with Crippen molar-refractivity contribution in [3.8, 4) is 11.8 Å². The molecule has 32 heavy (non-hydrogen) atoms. The molecular formula is C22H31N5O5. The summed E-state index contributed by atoms with van der Waals surface area (Å²) in [5, 5.41) is 4.85. The van der Waals surface area contributed by atoms with Gasteiger partial charge < -0.3 is 24.4 Å². The van der Waals surface area contributed by atoms with Crippen molar-refractivity contribution in [3.05, 3.63) is 30.2 Å². The summed E-state index contributed by atoms with van der Waals surface area (Å²) in [4.78, 5) is 29.8. The zero-order valence-electron chi connectivity index (χ0n) is 19.0. The minimum atomic E-state index is -0.680. The molecule has 10 heteroatoms. The summed E-state index contributed by atoms with van der Waals surface area (Å²) >= 11 is 0. The number of anilines is 2. The molecule has 1 aliphatic rings. The highest BCUT2D eigenvalue weighted by atomic mass is 16.8. The summed E-state index contributed by atoms with van der Waals surface area (Å²) < 4.78 is 16.6. The normalized spacial score (nSPS) is 14.8. The third-order valence-electron chi connectivity index (χ3n) is 4.64. The Balaban J connectivity index is 1.51. The zero-order chi connectivity index (χ0) is 22.9. The fourth-order valence-electron chi connectivity index (χ4n) is 3.10. The zero-order valence-corrected chi connectivity index (χ0v) is 19.0. The van der Waals surface area contributed by atoms with Gasteiger partial charge in [0.2, 0.25) is 11.8 Å². The Morgan fingerprint density at radius 2 is 2.00 bits per heavy atom. The third-order valence-corrected chi connectivity index (χ3v) is 4.64. The van der Waals surface area contributed by atoms with Crippen molar-refractivity contribution < 1.29 is 23.8 Å². The van der Waals surface area contributed by atoms with E-state index in [1.54, 1.807) is 25.0 Å². The molecule has 0 spiro atoms. The highest BCUT2D eigenvalue weighted by Gasteiger charge is 2.24. The first-order valence-electron chi connectivity index (χ1n) is 10.9. The summed E-state index contributed by atoms with van der Waals surface area (Å²) in [6.45, 7) is 9.28. The smallest absolute Gasteiger partial charge is 0.478 e. The molecule has 2 aromatic rings. The van der Waals surface area contributed by atoms with Crippen LogP contribution in [-0.2, 0) is 9.57 Å². The largest absolute Gasteiger partial charge is 0.528 e. The molecule has 3 rings (SSSR count). The van der Waals surface area contributed by atoms with Crippen molar-refractivity contribution >= 4 is 17.7 Å². The van der Waals surface area contributed by atoms with Gasteiger partial charge in [0.1, 0.15) is 18.2 Å². The molecule has 0 atom stereocenters. The van der Waals surface area contributed by atoms with Crippen molar-refractivity contribution in [3.63, 3.8) is 0 Å². The van der Waals surface area contributed by atoms with E-state index in [1.165, 1.54) is 6.33 Å². The van der Waals surface area contributed by atoms with E-state index in [4.69, 9.17) is 19.0 Å². The Hall–Kier alpha value is -3.14. The van der Waals surface area contributed by atoms with Gasteiger partial charge in [-0.05, 0) is 33.3 Å². The number of aryl methyl sites for hydroxylation is 1. The Morgan fingerprint density at radius 3 is 2.69 bits per heavy atom. The molecule has 0 radical (unpaired) electrons. The molecule has 2 aromatic heterocycles. The molecule has 0 bridgehead atoms. The van der Waals surface area contributed by atoms with Crippen LogP contribution in [0, 0.1) is 6.92 Å². The number of aromatic nitrogens is 3. The van der Waals surface area contributed by atoms with Crippen LogP contribution in [0.3, 0.4) is 0 Å². The van der Waals surface area contributed by atoms with Gasteiger partial charge in [-0.25, -0.2) is 19.7 Å². The van der Waals surface area contributed by atoms with Crippen LogP contribution in [0.2, 0.25) is 0 Å². The molecule has 0 amide bonds. The highest BCUT2D eigenvalue weighted by Crippen LogP contribution is 2.24. The molecule has 3 heterocycles.